The van der Waals surface area contributed by atoms with Crippen molar-refractivity contribution in [2.75, 3.05) is 0 Å². The second-order valence-electron chi connectivity index (χ2n) is 4.90. The van der Waals surface area contributed by atoms with Crippen LogP contribution in [0, 0.1) is 12.7 Å². The molecule has 0 radical (unpaired) electrons. The van der Waals surface area contributed by atoms with Crippen LogP contribution in [-0.4, -0.2) is 20.9 Å². The molecule has 0 spiro atoms. The Kier molecular flexibility index (Phi) is 3.17. The monoisotopic (exact) mass is 284 g/mol. The van der Waals surface area contributed by atoms with Gasteiger partial charge in [0.05, 0.1) is 12.1 Å². The Morgan fingerprint density at radius 1 is 1.29 bits per heavy atom. The SMILES string of the molecule is Cc1ccc(F)cc1Cn1nc(C(=O)O)c2ccccc21. The largest absolute Gasteiger partial charge is 0.476 e. The van der Waals surface area contributed by atoms with Gasteiger partial charge in [0.25, 0.3) is 0 Å². The van der Waals surface area contributed by atoms with Gasteiger partial charge in [0.1, 0.15) is 5.82 Å². The lowest BCUT2D eigenvalue weighted by Crippen LogP contribution is -2.06. The fraction of sp³-hybridized carbons (Fsp3) is 0.125. The molecular formula is C16H13FN2O2. The first-order chi connectivity index (χ1) is 10.1. The van der Waals surface area contributed by atoms with Crippen LogP contribution in [0.5, 0.6) is 0 Å². The first-order valence-electron chi connectivity index (χ1n) is 6.50. The molecular weight excluding hydrogens is 271 g/mol. The van der Waals surface area contributed by atoms with Crippen molar-refractivity contribution in [3.05, 3.63) is 65.1 Å². The number of carbonyl (C=O) groups is 1. The number of hydrogen-bond donors (Lipinski definition) is 1. The van der Waals surface area contributed by atoms with E-state index >= 15 is 0 Å². The predicted octanol–water partition coefficient (Wildman–Crippen LogP) is 3.23. The number of aromatic carboxylic acids is 1. The van der Waals surface area contributed by atoms with Crippen molar-refractivity contribution in [2.45, 2.75) is 13.5 Å². The zero-order valence-corrected chi connectivity index (χ0v) is 11.4. The fourth-order valence-corrected chi connectivity index (χ4v) is 2.38. The van der Waals surface area contributed by atoms with E-state index in [4.69, 9.17) is 0 Å². The van der Waals surface area contributed by atoms with Crippen molar-refractivity contribution in [1.29, 1.82) is 0 Å². The number of nitrogens with zero attached hydrogens (tertiary/aromatic N) is 2. The lowest BCUT2D eigenvalue weighted by molar-refractivity contribution is 0.0691. The van der Waals surface area contributed by atoms with Gasteiger partial charge < -0.3 is 5.11 Å². The average Bonchev–Trinajstić information content (AvgIpc) is 2.82. The molecule has 0 atom stereocenters. The van der Waals surface area contributed by atoms with E-state index in [0.29, 0.717) is 11.9 Å². The smallest absolute Gasteiger partial charge is 0.357 e. The first kappa shape index (κ1) is 13.3. The molecule has 0 fully saturated rings. The van der Waals surface area contributed by atoms with Gasteiger partial charge in [-0.3, -0.25) is 4.68 Å². The van der Waals surface area contributed by atoms with Crippen molar-refractivity contribution < 1.29 is 14.3 Å². The van der Waals surface area contributed by atoms with E-state index in [-0.39, 0.29) is 11.5 Å². The lowest BCUT2D eigenvalue weighted by atomic mass is 10.1. The Labute approximate surface area is 120 Å². The Hall–Kier alpha value is -2.69. The number of benzene rings is 2. The molecule has 21 heavy (non-hydrogen) atoms. The molecule has 3 aromatic rings. The topological polar surface area (TPSA) is 55.1 Å². The summed E-state index contributed by atoms with van der Waals surface area (Å²) in [4.78, 5) is 11.3. The summed E-state index contributed by atoms with van der Waals surface area (Å²) in [5.41, 5.74) is 2.45. The van der Waals surface area contributed by atoms with E-state index < -0.39 is 5.97 Å². The van der Waals surface area contributed by atoms with Crippen molar-refractivity contribution in [1.82, 2.24) is 9.78 Å². The van der Waals surface area contributed by atoms with E-state index in [2.05, 4.69) is 5.10 Å². The zero-order chi connectivity index (χ0) is 15.0. The van der Waals surface area contributed by atoms with Gasteiger partial charge in [-0.15, -0.1) is 0 Å². The minimum atomic E-state index is -1.07. The molecule has 0 saturated carbocycles. The highest BCUT2D eigenvalue weighted by Gasteiger charge is 2.16. The third-order valence-electron chi connectivity index (χ3n) is 3.49. The highest BCUT2D eigenvalue weighted by atomic mass is 19.1. The molecule has 2 aromatic carbocycles. The molecule has 4 nitrogen and oxygen atoms in total. The lowest BCUT2D eigenvalue weighted by Gasteiger charge is -2.07. The number of halogens is 1. The molecule has 0 aliphatic heterocycles. The van der Waals surface area contributed by atoms with E-state index in [1.807, 2.05) is 19.1 Å². The predicted molar refractivity (Wildman–Crippen MR) is 76.9 cm³/mol. The van der Waals surface area contributed by atoms with Gasteiger partial charge in [0.15, 0.2) is 5.69 Å². The summed E-state index contributed by atoms with van der Waals surface area (Å²) in [6, 6.07) is 11.7. The summed E-state index contributed by atoms with van der Waals surface area (Å²) in [5, 5.41) is 14.0. The van der Waals surface area contributed by atoms with Crippen LogP contribution in [-0.2, 0) is 6.54 Å². The number of para-hydroxylation sites is 1. The quantitative estimate of drug-likeness (QED) is 0.803. The van der Waals surface area contributed by atoms with Crippen molar-refractivity contribution in [2.24, 2.45) is 0 Å². The normalized spacial score (nSPS) is 11.0. The average molecular weight is 284 g/mol. The molecule has 0 aliphatic rings. The second kappa shape index (κ2) is 5.01. The van der Waals surface area contributed by atoms with Gasteiger partial charge >= 0.3 is 5.97 Å². The van der Waals surface area contributed by atoms with Gasteiger partial charge in [-0.05, 0) is 36.2 Å². The van der Waals surface area contributed by atoms with Gasteiger partial charge in [0.2, 0.25) is 0 Å². The summed E-state index contributed by atoms with van der Waals surface area (Å²) in [7, 11) is 0. The third kappa shape index (κ3) is 2.38. The number of fused-ring (bicyclic) bond motifs is 1. The van der Waals surface area contributed by atoms with E-state index in [0.717, 1.165) is 16.6 Å². The van der Waals surface area contributed by atoms with Gasteiger partial charge in [-0.1, -0.05) is 24.3 Å². The molecule has 0 bridgehead atoms. The van der Waals surface area contributed by atoms with Gasteiger partial charge in [-0.2, -0.15) is 5.10 Å². The molecule has 1 aromatic heterocycles. The summed E-state index contributed by atoms with van der Waals surface area (Å²) in [5.74, 6) is -1.38. The number of rotatable bonds is 3. The van der Waals surface area contributed by atoms with Crippen molar-refractivity contribution in [3.63, 3.8) is 0 Å². The van der Waals surface area contributed by atoms with Crippen LogP contribution in [0.2, 0.25) is 0 Å². The van der Waals surface area contributed by atoms with Crippen LogP contribution < -0.4 is 0 Å². The Morgan fingerprint density at radius 3 is 2.81 bits per heavy atom. The standard InChI is InChI=1S/C16H13FN2O2/c1-10-6-7-12(17)8-11(10)9-19-14-5-3-2-4-13(14)15(18-19)16(20)21/h2-8H,9H2,1H3,(H,20,21). The summed E-state index contributed by atoms with van der Waals surface area (Å²) >= 11 is 0. The fourth-order valence-electron chi connectivity index (χ4n) is 2.38. The highest BCUT2D eigenvalue weighted by molar-refractivity contribution is 6.01. The zero-order valence-electron chi connectivity index (χ0n) is 11.4. The second-order valence-corrected chi connectivity index (χ2v) is 4.90. The minimum Gasteiger partial charge on any atom is -0.476 e. The summed E-state index contributed by atoms with van der Waals surface area (Å²) < 4.78 is 15.0. The van der Waals surface area contributed by atoms with Crippen LogP contribution in [0.1, 0.15) is 21.6 Å². The number of hydrogen-bond acceptors (Lipinski definition) is 2. The Bertz CT molecular complexity index is 839. The Morgan fingerprint density at radius 2 is 2.05 bits per heavy atom. The molecule has 0 amide bonds. The molecule has 106 valence electrons. The van der Waals surface area contributed by atoms with Crippen LogP contribution in [0.15, 0.2) is 42.5 Å². The number of aromatic nitrogens is 2. The van der Waals surface area contributed by atoms with Crippen LogP contribution in [0.3, 0.4) is 0 Å². The van der Waals surface area contributed by atoms with E-state index in [1.54, 1.807) is 22.9 Å². The number of carboxylic acids is 1. The van der Waals surface area contributed by atoms with Crippen molar-refractivity contribution in [3.8, 4) is 0 Å². The number of aryl methyl sites for hydroxylation is 1. The maximum atomic E-state index is 13.4. The molecule has 0 unspecified atom stereocenters. The van der Waals surface area contributed by atoms with Crippen LogP contribution >= 0.6 is 0 Å². The molecule has 1 heterocycles. The molecule has 5 heteroatoms. The van der Waals surface area contributed by atoms with Crippen LogP contribution in [0.4, 0.5) is 4.39 Å². The maximum Gasteiger partial charge on any atom is 0.357 e. The summed E-state index contributed by atoms with van der Waals surface area (Å²) in [6.45, 7) is 2.22. The molecule has 3 rings (SSSR count). The van der Waals surface area contributed by atoms with E-state index in [1.165, 1.54) is 12.1 Å². The molecule has 0 saturated heterocycles. The number of carboxylic acid groups (broad SMARTS) is 1. The van der Waals surface area contributed by atoms with Crippen molar-refractivity contribution >= 4 is 16.9 Å². The Balaban J connectivity index is 2.13. The van der Waals surface area contributed by atoms with Gasteiger partial charge in [-0.25, -0.2) is 9.18 Å². The third-order valence-corrected chi connectivity index (χ3v) is 3.49. The van der Waals surface area contributed by atoms with Gasteiger partial charge in [0, 0.05) is 5.39 Å². The molecule has 1 N–H and O–H groups in total. The maximum absolute atomic E-state index is 13.4. The minimum absolute atomic E-state index is 0.0136. The first-order valence-corrected chi connectivity index (χ1v) is 6.50. The molecule has 0 aliphatic carbocycles. The summed E-state index contributed by atoms with van der Waals surface area (Å²) in [6.07, 6.45) is 0. The van der Waals surface area contributed by atoms with E-state index in [9.17, 15) is 14.3 Å². The van der Waals surface area contributed by atoms with Crippen LogP contribution in [0.25, 0.3) is 10.9 Å². The highest BCUT2D eigenvalue weighted by Crippen LogP contribution is 2.20.